The number of hydrogen-bond acceptors (Lipinski definition) is 4. The first-order valence-corrected chi connectivity index (χ1v) is 7.38. The number of nitrogen functional groups attached to an aromatic ring is 1. The van der Waals surface area contributed by atoms with Gasteiger partial charge in [0.1, 0.15) is 5.52 Å². The van der Waals surface area contributed by atoms with E-state index < -0.39 is 0 Å². The molecule has 0 spiro atoms. The molecular weight excluding hydrogens is 252 g/mol. The van der Waals surface area contributed by atoms with Gasteiger partial charge in [-0.15, -0.1) is 0 Å². The Bertz CT molecular complexity index is 582. The second-order valence-electron chi connectivity index (χ2n) is 5.43. The summed E-state index contributed by atoms with van der Waals surface area (Å²) in [5.41, 5.74) is 8.99. The normalized spacial score (nSPS) is 13.5. The van der Waals surface area contributed by atoms with Crippen LogP contribution in [0.5, 0.6) is 0 Å². The molecule has 0 amide bonds. The fourth-order valence-corrected chi connectivity index (χ4v) is 2.47. The van der Waals surface area contributed by atoms with E-state index in [9.17, 15) is 0 Å². The predicted molar refractivity (Wildman–Crippen MR) is 82.7 cm³/mol. The maximum atomic E-state index is 6.08. The summed E-state index contributed by atoms with van der Waals surface area (Å²) in [6.45, 7) is 11.2. The molecule has 0 aliphatic heterocycles. The summed E-state index contributed by atoms with van der Waals surface area (Å²) in [5, 5.41) is 4.51. The molecule has 1 unspecified atom stereocenters. The number of nitrogens with zero attached hydrogens (tertiary/aromatic N) is 5. The smallest absolute Gasteiger partial charge is 0.202 e. The fourth-order valence-electron chi connectivity index (χ4n) is 2.47. The SMILES string of the molecule is CCC(C)N(C)CCn1c(N)nc2c(C)nn(CC)c21. The van der Waals surface area contributed by atoms with Crippen LogP contribution in [0.4, 0.5) is 5.95 Å². The molecule has 1 atom stereocenters. The van der Waals surface area contributed by atoms with E-state index in [0.717, 1.165) is 42.9 Å². The Balaban J connectivity index is 2.27. The Kier molecular flexibility index (Phi) is 4.32. The average Bonchev–Trinajstić information content (AvgIpc) is 2.92. The van der Waals surface area contributed by atoms with Gasteiger partial charge in [0, 0.05) is 25.7 Å². The third kappa shape index (κ3) is 2.52. The third-order valence-corrected chi connectivity index (χ3v) is 4.15. The van der Waals surface area contributed by atoms with E-state index in [2.05, 4.69) is 47.4 Å². The van der Waals surface area contributed by atoms with Crippen molar-refractivity contribution in [2.24, 2.45) is 0 Å². The van der Waals surface area contributed by atoms with Gasteiger partial charge >= 0.3 is 0 Å². The summed E-state index contributed by atoms with van der Waals surface area (Å²) in [6.07, 6.45) is 1.15. The summed E-state index contributed by atoms with van der Waals surface area (Å²) in [7, 11) is 2.15. The lowest BCUT2D eigenvalue weighted by molar-refractivity contribution is 0.243. The van der Waals surface area contributed by atoms with Gasteiger partial charge in [-0.1, -0.05) is 6.92 Å². The van der Waals surface area contributed by atoms with Gasteiger partial charge < -0.3 is 10.6 Å². The van der Waals surface area contributed by atoms with E-state index >= 15 is 0 Å². The maximum Gasteiger partial charge on any atom is 0.202 e. The lowest BCUT2D eigenvalue weighted by Crippen LogP contribution is -2.31. The number of likely N-dealkylation sites (N-methyl/N-ethyl adjacent to an activating group) is 1. The van der Waals surface area contributed by atoms with Gasteiger partial charge in [-0.3, -0.25) is 4.57 Å². The van der Waals surface area contributed by atoms with Gasteiger partial charge in [0.15, 0.2) is 5.65 Å². The van der Waals surface area contributed by atoms with E-state index in [1.54, 1.807) is 0 Å². The summed E-state index contributed by atoms with van der Waals surface area (Å²) in [4.78, 5) is 6.82. The number of hydrogen-bond donors (Lipinski definition) is 1. The number of fused-ring (bicyclic) bond motifs is 1. The highest BCUT2D eigenvalue weighted by molar-refractivity contribution is 5.77. The van der Waals surface area contributed by atoms with Crippen LogP contribution in [-0.2, 0) is 13.1 Å². The van der Waals surface area contributed by atoms with E-state index in [4.69, 9.17) is 5.73 Å². The highest BCUT2D eigenvalue weighted by Crippen LogP contribution is 2.21. The molecule has 0 saturated heterocycles. The highest BCUT2D eigenvalue weighted by atomic mass is 15.4. The van der Waals surface area contributed by atoms with Crippen LogP contribution >= 0.6 is 0 Å². The Hall–Kier alpha value is -1.56. The molecule has 20 heavy (non-hydrogen) atoms. The Morgan fingerprint density at radius 1 is 1.35 bits per heavy atom. The number of rotatable bonds is 6. The van der Waals surface area contributed by atoms with Crippen molar-refractivity contribution in [1.82, 2.24) is 24.2 Å². The highest BCUT2D eigenvalue weighted by Gasteiger charge is 2.17. The minimum atomic E-state index is 0.577. The van der Waals surface area contributed by atoms with Crippen LogP contribution in [0.2, 0.25) is 0 Å². The molecule has 6 nitrogen and oxygen atoms in total. The molecule has 2 aromatic heterocycles. The molecular formula is C14H26N6. The maximum absolute atomic E-state index is 6.08. The lowest BCUT2D eigenvalue weighted by Gasteiger charge is -2.23. The molecule has 112 valence electrons. The zero-order valence-corrected chi connectivity index (χ0v) is 13.2. The molecule has 6 heteroatoms. The van der Waals surface area contributed by atoms with Crippen LogP contribution in [0.15, 0.2) is 0 Å². The first kappa shape index (κ1) is 14.8. The topological polar surface area (TPSA) is 64.9 Å². The van der Waals surface area contributed by atoms with Crippen LogP contribution < -0.4 is 5.73 Å². The van der Waals surface area contributed by atoms with Crippen molar-refractivity contribution in [3.63, 3.8) is 0 Å². The molecule has 0 aromatic carbocycles. The Labute approximate surface area is 120 Å². The summed E-state index contributed by atoms with van der Waals surface area (Å²) >= 11 is 0. The van der Waals surface area contributed by atoms with Crippen molar-refractivity contribution in [2.75, 3.05) is 19.3 Å². The Morgan fingerprint density at radius 3 is 2.65 bits per heavy atom. The van der Waals surface area contributed by atoms with Gasteiger partial charge in [0.25, 0.3) is 0 Å². The van der Waals surface area contributed by atoms with Crippen molar-refractivity contribution >= 4 is 17.1 Å². The van der Waals surface area contributed by atoms with Gasteiger partial charge in [0.05, 0.1) is 5.69 Å². The summed E-state index contributed by atoms with van der Waals surface area (Å²) in [6, 6.07) is 0.577. The van der Waals surface area contributed by atoms with Gasteiger partial charge in [-0.05, 0) is 34.2 Å². The summed E-state index contributed by atoms with van der Waals surface area (Å²) < 4.78 is 4.06. The molecule has 2 N–H and O–H groups in total. The molecule has 0 aliphatic carbocycles. The molecule has 0 fully saturated rings. The van der Waals surface area contributed by atoms with Gasteiger partial charge in [-0.2, -0.15) is 5.10 Å². The predicted octanol–water partition coefficient (Wildman–Crippen LogP) is 1.87. The van der Waals surface area contributed by atoms with E-state index in [1.807, 2.05) is 11.6 Å². The molecule has 0 aliphatic rings. The van der Waals surface area contributed by atoms with Crippen molar-refractivity contribution < 1.29 is 0 Å². The molecule has 0 saturated carbocycles. The average molecular weight is 278 g/mol. The quantitative estimate of drug-likeness (QED) is 0.876. The largest absolute Gasteiger partial charge is 0.369 e. The summed E-state index contributed by atoms with van der Waals surface area (Å²) in [5.74, 6) is 0.584. The van der Waals surface area contributed by atoms with Crippen LogP contribution in [-0.4, -0.2) is 43.9 Å². The van der Waals surface area contributed by atoms with Crippen LogP contribution in [0.1, 0.15) is 32.9 Å². The zero-order valence-electron chi connectivity index (χ0n) is 13.2. The molecule has 2 rings (SSSR count). The van der Waals surface area contributed by atoms with Crippen LogP contribution in [0, 0.1) is 6.92 Å². The monoisotopic (exact) mass is 278 g/mol. The van der Waals surface area contributed by atoms with Crippen LogP contribution in [0.25, 0.3) is 11.2 Å². The van der Waals surface area contributed by atoms with Gasteiger partial charge in [-0.25, -0.2) is 9.67 Å². The Morgan fingerprint density at radius 2 is 2.05 bits per heavy atom. The lowest BCUT2D eigenvalue weighted by atomic mass is 10.2. The van der Waals surface area contributed by atoms with Gasteiger partial charge in [0.2, 0.25) is 5.95 Å². The minimum absolute atomic E-state index is 0.577. The van der Waals surface area contributed by atoms with E-state index in [1.165, 1.54) is 0 Å². The van der Waals surface area contributed by atoms with Crippen molar-refractivity contribution in [3.8, 4) is 0 Å². The first-order chi connectivity index (χ1) is 9.49. The second kappa shape index (κ2) is 5.83. The van der Waals surface area contributed by atoms with Crippen molar-refractivity contribution in [3.05, 3.63) is 5.69 Å². The number of nitrogens with two attached hydrogens (primary N) is 1. The number of aromatic nitrogens is 4. The fraction of sp³-hybridized carbons (Fsp3) is 0.714. The number of anilines is 1. The van der Waals surface area contributed by atoms with Crippen molar-refractivity contribution in [2.45, 2.75) is 53.2 Å². The minimum Gasteiger partial charge on any atom is -0.369 e. The molecule has 0 bridgehead atoms. The zero-order chi connectivity index (χ0) is 14.9. The second-order valence-corrected chi connectivity index (χ2v) is 5.43. The molecule has 2 heterocycles. The standard InChI is InChI=1S/C14H26N6/c1-6-10(3)18(5)8-9-19-13-12(16-14(19)15)11(4)17-20(13)7-2/h10H,6-9H2,1-5H3,(H2,15,16). The third-order valence-electron chi connectivity index (χ3n) is 4.15. The molecule has 0 radical (unpaired) electrons. The number of imidazole rings is 1. The molecule has 2 aromatic rings. The van der Waals surface area contributed by atoms with E-state index in [-0.39, 0.29) is 0 Å². The number of aryl methyl sites for hydroxylation is 2. The van der Waals surface area contributed by atoms with Crippen LogP contribution in [0.3, 0.4) is 0 Å². The van der Waals surface area contributed by atoms with Crippen molar-refractivity contribution in [1.29, 1.82) is 0 Å². The first-order valence-electron chi connectivity index (χ1n) is 7.38. The van der Waals surface area contributed by atoms with E-state index in [0.29, 0.717) is 12.0 Å².